The SMILES string of the molecule is CC(C)C(=O)N1C[C@@H]2CN(C(=O)CCc3nc4ccccc4s3)C[C@]2(CO)C1. The zero-order valence-electron chi connectivity index (χ0n) is 16.4. The second-order valence-corrected chi connectivity index (χ2v) is 9.56. The van der Waals surface area contributed by atoms with E-state index in [0.717, 1.165) is 15.2 Å². The van der Waals surface area contributed by atoms with E-state index in [2.05, 4.69) is 11.1 Å². The maximum absolute atomic E-state index is 12.8. The summed E-state index contributed by atoms with van der Waals surface area (Å²) in [6.07, 6.45) is 1.08. The molecular formula is C21H27N3O3S. The van der Waals surface area contributed by atoms with Gasteiger partial charge in [-0.05, 0) is 12.1 Å². The van der Waals surface area contributed by atoms with E-state index in [1.165, 1.54) is 0 Å². The molecule has 3 heterocycles. The first-order chi connectivity index (χ1) is 13.4. The molecule has 4 rings (SSSR count). The number of nitrogens with zero attached hydrogens (tertiary/aromatic N) is 3. The van der Waals surface area contributed by atoms with Crippen LogP contribution in [0.4, 0.5) is 0 Å². The molecular weight excluding hydrogens is 374 g/mol. The molecule has 6 nitrogen and oxygen atoms in total. The summed E-state index contributed by atoms with van der Waals surface area (Å²) in [5, 5.41) is 11.1. The van der Waals surface area contributed by atoms with Crippen LogP contribution in [0, 0.1) is 17.3 Å². The normalized spacial score (nSPS) is 24.4. The average Bonchev–Trinajstić information content (AvgIpc) is 3.35. The number of para-hydroxylation sites is 1. The van der Waals surface area contributed by atoms with Gasteiger partial charge < -0.3 is 14.9 Å². The van der Waals surface area contributed by atoms with Gasteiger partial charge in [0.1, 0.15) is 0 Å². The fourth-order valence-corrected chi connectivity index (χ4v) is 5.49. The summed E-state index contributed by atoms with van der Waals surface area (Å²) in [5.74, 6) is 0.367. The number of carbonyl (C=O) groups excluding carboxylic acids is 2. The van der Waals surface area contributed by atoms with Crippen LogP contribution in [-0.2, 0) is 16.0 Å². The van der Waals surface area contributed by atoms with E-state index in [1.807, 2.05) is 41.8 Å². The van der Waals surface area contributed by atoms with Crippen molar-refractivity contribution >= 4 is 33.4 Å². The second-order valence-electron chi connectivity index (χ2n) is 8.44. The molecule has 1 aromatic carbocycles. The number of hydrogen-bond acceptors (Lipinski definition) is 5. The Morgan fingerprint density at radius 1 is 1.25 bits per heavy atom. The topological polar surface area (TPSA) is 73.7 Å². The number of aryl methyl sites for hydroxylation is 1. The number of amides is 2. The maximum Gasteiger partial charge on any atom is 0.225 e. The first-order valence-electron chi connectivity index (χ1n) is 9.94. The van der Waals surface area contributed by atoms with Crippen LogP contribution in [0.25, 0.3) is 10.2 Å². The highest BCUT2D eigenvalue weighted by atomic mass is 32.1. The van der Waals surface area contributed by atoms with Crippen molar-refractivity contribution in [3.8, 4) is 0 Å². The van der Waals surface area contributed by atoms with Crippen LogP contribution in [0.15, 0.2) is 24.3 Å². The summed E-state index contributed by atoms with van der Waals surface area (Å²) in [6.45, 7) is 6.17. The first-order valence-corrected chi connectivity index (χ1v) is 10.8. The highest BCUT2D eigenvalue weighted by Gasteiger charge is 2.54. The fourth-order valence-electron chi connectivity index (χ4n) is 4.53. The lowest BCUT2D eigenvalue weighted by atomic mass is 9.82. The van der Waals surface area contributed by atoms with Crippen molar-refractivity contribution in [2.45, 2.75) is 26.7 Å². The van der Waals surface area contributed by atoms with Crippen molar-refractivity contribution in [1.29, 1.82) is 0 Å². The summed E-state index contributed by atoms with van der Waals surface area (Å²) in [5.41, 5.74) is 0.621. The molecule has 0 spiro atoms. The van der Waals surface area contributed by atoms with Crippen LogP contribution in [0.2, 0.25) is 0 Å². The molecule has 150 valence electrons. The number of aromatic nitrogens is 1. The van der Waals surface area contributed by atoms with Crippen LogP contribution in [0.3, 0.4) is 0 Å². The number of benzene rings is 1. The van der Waals surface area contributed by atoms with E-state index >= 15 is 0 Å². The quantitative estimate of drug-likeness (QED) is 0.833. The lowest BCUT2D eigenvalue weighted by Gasteiger charge is -2.28. The summed E-state index contributed by atoms with van der Waals surface area (Å²) < 4.78 is 1.15. The Kier molecular flexibility index (Phi) is 5.14. The van der Waals surface area contributed by atoms with Gasteiger partial charge in [0, 0.05) is 56.3 Å². The lowest BCUT2D eigenvalue weighted by Crippen LogP contribution is -2.41. The summed E-state index contributed by atoms with van der Waals surface area (Å²) in [7, 11) is 0. The Balaban J connectivity index is 1.37. The highest BCUT2D eigenvalue weighted by Crippen LogP contribution is 2.42. The predicted octanol–water partition coefficient (Wildman–Crippen LogP) is 2.16. The summed E-state index contributed by atoms with van der Waals surface area (Å²) in [6, 6.07) is 8.02. The zero-order valence-corrected chi connectivity index (χ0v) is 17.2. The molecule has 2 aromatic rings. The molecule has 7 heteroatoms. The minimum Gasteiger partial charge on any atom is -0.396 e. The van der Waals surface area contributed by atoms with Crippen molar-refractivity contribution in [2.75, 3.05) is 32.8 Å². The molecule has 2 fully saturated rings. The van der Waals surface area contributed by atoms with Crippen LogP contribution >= 0.6 is 11.3 Å². The van der Waals surface area contributed by atoms with Crippen molar-refractivity contribution in [3.05, 3.63) is 29.3 Å². The molecule has 0 unspecified atom stereocenters. The van der Waals surface area contributed by atoms with Crippen LogP contribution in [0.1, 0.15) is 25.3 Å². The van der Waals surface area contributed by atoms with Gasteiger partial charge in [-0.2, -0.15) is 0 Å². The third kappa shape index (κ3) is 3.42. The van der Waals surface area contributed by atoms with Crippen LogP contribution in [0.5, 0.6) is 0 Å². The number of likely N-dealkylation sites (tertiary alicyclic amines) is 2. The molecule has 0 bridgehead atoms. The van der Waals surface area contributed by atoms with E-state index in [0.29, 0.717) is 39.0 Å². The van der Waals surface area contributed by atoms with E-state index in [1.54, 1.807) is 11.3 Å². The van der Waals surface area contributed by atoms with Gasteiger partial charge in [0.05, 0.1) is 21.8 Å². The molecule has 0 saturated carbocycles. The van der Waals surface area contributed by atoms with E-state index < -0.39 is 0 Å². The van der Waals surface area contributed by atoms with Gasteiger partial charge in [0.25, 0.3) is 0 Å². The molecule has 2 amide bonds. The third-order valence-corrected chi connectivity index (χ3v) is 7.22. The van der Waals surface area contributed by atoms with Crippen molar-refractivity contribution in [1.82, 2.24) is 14.8 Å². The molecule has 0 aliphatic carbocycles. The Hall–Kier alpha value is -1.99. The number of thiazole rings is 1. The van der Waals surface area contributed by atoms with Gasteiger partial charge in [-0.25, -0.2) is 4.98 Å². The van der Waals surface area contributed by atoms with Crippen molar-refractivity contribution < 1.29 is 14.7 Å². The largest absolute Gasteiger partial charge is 0.396 e. The van der Waals surface area contributed by atoms with Gasteiger partial charge in [-0.15, -0.1) is 11.3 Å². The Morgan fingerprint density at radius 3 is 2.64 bits per heavy atom. The van der Waals surface area contributed by atoms with Gasteiger partial charge >= 0.3 is 0 Å². The third-order valence-electron chi connectivity index (χ3n) is 6.12. The van der Waals surface area contributed by atoms with Gasteiger partial charge in [0.15, 0.2) is 0 Å². The molecule has 1 aromatic heterocycles. The molecule has 2 atom stereocenters. The van der Waals surface area contributed by atoms with Crippen LogP contribution < -0.4 is 0 Å². The van der Waals surface area contributed by atoms with Crippen LogP contribution in [-0.4, -0.2) is 64.5 Å². The number of fused-ring (bicyclic) bond motifs is 2. The average molecular weight is 402 g/mol. The highest BCUT2D eigenvalue weighted by molar-refractivity contribution is 7.18. The monoisotopic (exact) mass is 401 g/mol. The molecule has 0 radical (unpaired) electrons. The number of rotatable bonds is 5. The van der Waals surface area contributed by atoms with Gasteiger partial charge in [0.2, 0.25) is 11.8 Å². The minimum absolute atomic E-state index is 0.0151. The van der Waals surface area contributed by atoms with E-state index in [-0.39, 0.29) is 35.7 Å². The van der Waals surface area contributed by atoms with Crippen molar-refractivity contribution in [3.63, 3.8) is 0 Å². The molecule has 2 saturated heterocycles. The minimum atomic E-state index is -0.365. The van der Waals surface area contributed by atoms with E-state index in [4.69, 9.17) is 0 Å². The summed E-state index contributed by atoms with van der Waals surface area (Å²) in [4.78, 5) is 33.5. The Bertz CT molecular complexity index is 863. The predicted molar refractivity (Wildman–Crippen MR) is 109 cm³/mol. The number of hydrogen-bond donors (Lipinski definition) is 1. The molecule has 28 heavy (non-hydrogen) atoms. The van der Waals surface area contributed by atoms with E-state index in [9.17, 15) is 14.7 Å². The fraction of sp³-hybridized carbons (Fsp3) is 0.571. The van der Waals surface area contributed by atoms with Crippen molar-refractivity contribution in [2.24, 2.45) is 17.3 Å². The lowest BCUT2D eigenvalue weighted by molar-refractivity contribution is -0.134. The smallest absolute Gasteiger partial charge is 0.225 e. The first kappa shape index (κ1) is 19.3. The standard InChI is InChI=1S/C21H27N3O3S/c1-14(2)20(27)24-10-15-9-23(11-21(15,12-24)13-25)19(26)8-7-18-22-16-5-3-4-6-17(16)28-18/h3-6,14-15,25H,7-13H2,1-2H3/t15-,21+/m0/s1. The maximum atomic E-state index is 12.8. The second kappa shape index (κ2) is 7.44. The molecule has 1 N–H and O–H groups in total. The van der Waals surface area contributed by atoms with Gasteiger partial charge in [-0.1, -0.05) is 26.0 Å². The number of aliphatic hydroxyl groups is 1. The molecule has 2 aliphatic rings. The zero-order chi connectivity index (χ0) is 19.9. The summed E-state index contributed by atoms with van der Waals surface area (Å²) >= 11 is 1.64. The Labute approximate surface area is 169 Å². The number of carbonyl (C=O) groups is 2. The van der Waals surface area contributed by atoms with Gasteiger partial charge in [-0.3, -0.25) is 9.59 Å². The molecule has 2 aliphatic heterocycles. The Morgan fingerprint density at radius 2 is 1.96 bits per heavy atom. The number of aliphatic hydroxyl groups excluding tert-OH is 1.